The number of anilines is 1. The van der Waals surface area contributed by atoms with Crippen molar-refractivity contribution in [1.82, 2.24) is 10.2 Å². The van der Waals surface area contributed by atoms with Crippen molar-refractivity contribution in [2.24, 2.45) is 17.8 Å². The van der Waals surface area contributed by atoms with Gasteiger partial charge in [-0.05, 0) is 48.6 Å². The molecule has 192 valence electrons. The van der Waals surface area contributed by atoms with Gasteiger partial charge in [0.15, 0.2) is 0 Å². The number of aliphatic hydroxyl groups is 1. The second-order valence-corrected chi connectivity index (χ2v) is 12.7. The van der Waals surface area contributed by atoms with E-state index in [1.54, 1.807) is 23.7 Å². The summed E-state index contributed by atoms with van der Waals surface area (Å²) in [4.78, 5) is 43.0. The molecule has 8 heteroatoms. The van der Waals surface area contributed by atoms with Gasteiger partial charge in [0.25, 0.3) is 0 Å². The lowest BCUT2D eigenvalue weighted by molar-refractivity contribution is -0.143. The van der Waals surface area contributed by atoms with Crippen molar-refractivity contribution in [3.63, 3.8) is 0 Å². The molecule has 3 saturated heterocycles. The normalized spacial score (nSPS) is 32.4. The third kappa shape index (κ3) is 3.56. The van der Waals surface area contributed by atoms with Crippen LogP contribution in [0.1, 0.15) is 40.0 Å². The van der Waals surface area contributed by atoms with E-state index in [0.29, 0.717) is 12.1 Å². The zero-order valence-corrected chi connectivity index (χ0v) is 22.1. The number of benzene rings is 2. The molecule has 7 nitrogen and oxygen atoms in total. The van der Waals surface area contributed by atoms with Crippen LogP contribution in [0.5, 0.6) is 0 Å². The molecule has 2 aromatic carbocycles. The minimum atomic E-state index is -0.769. The third-order valence-electron chi connectivity index (χ3n) is 8.85. The Morgan fingerprint density at radius 1 is 1.17 bits per heavy atom. The number of fused-ring (bicyclic) bond motifs is 2. The van der Waals surface area contributed by atoms with Crippen LogP contribution in [0.15, 0.2) is 42.5 Å². The Labute approximate surface area is 216 Å². The first-order chi connectivity index (χ1) is 17.2. The summed E-state index contributed by atoms with van der Waals surface area (Å²) in [7, 11) is 1.60. The van der Waals surface area contributed by atoms with Crippen LogP contribution >= 0.6 is 11.8 Å². The fraction of sp³-hybridized carbons (Fsp3) is 0.536. The lowest BCUT2D eigenvalue weighted by atomic mass is 9.66. The van der Waals surface area contributed by atoms with Gasteiger partial charge in [0.2, 0.25) is 17.7 Å². The predicted octanol–water partition coefficient (Wildman–Crippen LogP) is 3.41. The van der Waals surface area contributed by atoms with Crippen LogP contribution in [-0.4, -0.2) is 63.0 Å². The highest BCUT2D eigenvalue weighted by Gasteiger charge is 2.77. The van der Waals surface area contributed by atoms with Crippen molar-refractivity contribution in [2.75, 3.05) is 19.0 Å². The molecule has 1 spiro atoms. The van der Waals surface area contributed by atoms with Crippen molar-refractivity contribution < 1.29 is 19.5 Å². The Morgan fingerprint density at radius 2 is 1.89 bits per heavy atom. The number of hydrogen-bond acceptors (Lipinski definition) is 5. The summed E-state index contributed by atoms with van der Waals surface area (Å²) in [6.07, 6.45) is 2.21. The fourth-order valence-corrected chi connectivity index (χ4v) is 9.21. The number of hydrogen-bond donors (Lipinski definition) is 3. The Balaban J connectivity index is 1.58. The van der Waals surface area contributed by atoms with E-state index < -0.39 is 33.4 Å². The highest BCUT2D eigenvalue weighted by Crippen LogP contribution is 2.71. The van der Waals surface area contributed by atoms with E-state index in [9.17, 15) is 19.5 Å². The maximum atomic E-state index is 14.1. The van der Waals surface area contributed by atoms with Gasteiger partial charge in [-0.25, -0.2) is 0 Å². The third-order valence-corrected chi connectivity index (χ3v) is 10.8. The van der Waals surface area contributed by atoms with E-state index in [0.717, 1.165) is 23.6 Å². The lowest BCUT2D eigenvalue weighted by Crippen LogP contribution is -2.56. The molecular weight excluding hydrogens is 474 g/mol. The largest absolute Gasteiger partial charge is 0.394 e. The summed E-state index contributed by atoms with van der Waals surface area (Å²) in [5, 5.41) is 18.4. The second-order valence-electron chi connectivity index (χ2n) is 10.8. The Morgan fingerprint density at radius 3 is 2.56 bits per heavy atom. The Hall–Kier alpha value is -2.58. The van der Waals surface area contributed by atoms with Crippen LogP contribution in [0, 0.1) is 17.8 Å². The molecule has 3 heterocycles. The van der Waals surface area contributed by atoms with Crippen molar-refractivity contribution in [1.29, 1.82) is 0 Å². The maximum Gasteiger partial charge on any atom is 0.248 e. The number of amides is 3. The molecule has 0 radical (unpaired) electrons. The Kier molecular flexibility index (Phi) is 6.32. The van der Waals surface area contributed by atoms with E-state index in [-0.39, 0.29) is 30.2 Å². The smallest absolute Gasteiger partial charge is 0.248 e. The molecule has 3 N–H and O–H groups in total. The van der Waals surface area contributed by atoms with Gasteiger partial charge >= 0.3 is 0 Å². The van der Waals surface area contributed by atoms with Crippen LogP contribution in [0.2, 0.25) is 0 Å². The number of thioether (sulfide) groups is 1. The number of carbonyl (C=O) groups is 3. The molecule has 3 aliphatic heterocycles. The molecule has 7 atom stereocenters. The Bertz CT molecular complexity index is 1220. The number of nitrogens with one attached hydrogen (secondary N) is 2. The molecule has 3 fully saturated rings. The first-order valence-corrected chi connectivity index (χ1v) is 13.7. The molecule has 2 unspecified atom stereocenters. The van der Waals surface area contributed by atoms with E-state index in [4.69, 9.17) is 0 Å². The number of aliphatic hydroxyl groups excluding tert-OH is 1. The van der Waals surface area contributed by atoms with Gasteiger partial charge in [-0.2, -0.15) is 0 Å². The SMILES string of the molecule is CC[C@H](C)[C@H](CO)N1C(=O)[C@@H]2[C@@H](C(=O)NC)[C@@]3(C)CCC2(S3)C1C(=O)Nc1ccc2ccccc2c1. The summed E-state index contributed by atoms with van der Waals surface area (Å²) in [5.74, 6) is -1.68. The molecule has 0 saturated carbocycles. The average Bonchev–Trinajstić information content (AvgIpc) is 3.44. The van der Waals surface area contributed by atoms with Crippen LogP contribution in [0.25, 0.3) is 10.8 Å². The molecule has 5 rings (SSSR count). The van der Waals surface area contributed by atoms with E-state index in [2.05, 4.69) is 17.6 Å². The molecular formula is C28H35N3O4S. The summed E-state index contributed by atoms with van der Waals surface area (Å²) in [6, 6.07) is 12.5. The van der Waals surface area contributed by atoms with Gasteiger partial charge in [0.05, 0.1) is 29.2 Å². The standard InChI is InChI=1S/C28H35N3O4S/c1-5-16(2)20(15-32)31-23(25(34)30-19-11-10-17-8-6-7-9-18(17)14-19)28-13-12-27(3,36-28)21(24(33)29-4)22(28)26(31)35/h6-11,14,16,20-23,32H,5,12-13,15H2,1-4H3,(H,29,33)(H,30,34)/t16-,20-,21-,22-,23?,27+,28?/m0/s1. The molecule has 3 aliphatic rings. The average molecular weight is 510 g/mol. The zero-order valence-electron chi connectivity index (χ0n) is 21.3. The van der Waals surface area contributed by atoms with E-state index >= 15 is 0 Å². The number of nitrogens with zero attached hydrogens (tertiary/aromatic N) is 1. The van der Waals surface area contributed by atoms with Crippen LogP contribution < -0.4 is 10.6 Å². The summed E-state index contributed by atoms with van der Waals surface area (Å²) in [6.45, 7) is 5.85. The van der Waals surface area contributed by atoms with Gasteiger partial charge in [-0.1, -0.05) is 50.6 Å². The van der Waals surface area contributed by atoms with Crippen molar-refractivity contribution in [3.8, 4) is 0 Å². The van der Waals surface area contributed by atoms with Gasteiger partial charge in [-0.3, -0.25) is 14.4 Å². The summed E-state index contributed by atoms with van der Waals surface area (Å²) in [5.41, 5.74) is 0.668. The first-order valence-electron chi connectivity index (χ1n) is 12.8. The minimum absolute atomic E-state index is 0.00128. The molecule has 0 aromatic heterocycles. The fourth-order valence-electron chi connectivity index (χ4n) is 6.87. The van der Waals surface area contributed by atoms with Gasteiger partial charge in [0, 0.05) is 17.5 Å². The quantitative estimate of drug-likeness (QED) is 0.531. The number of likely N-dealkylation sites (tertiary alicyclic amines) is 1. The summed E-state index contributed by atoms with van der Waals surface area (Å²) < 4.78 is -1.11. The van der Waals surface area contributed by atoms with E-state index in [1.807, 2.05) is 56.3 Å². The lowest BCUT2D eigenvalue weighted by Gasteiger charge is -2.39. The van der Waals surface area contributed by atoms with Gasteiger partial charge in [0.1, 0.15) is 6.04 Å². The second kappa shape index (κ2) is 9.06. The molecule has 36 heavy (non-hydrogen) atoms. The highest BCUT2D eigenvalue weighted by atomic mass is 32.2. The van der Waals surface area contributed by atoms with Crippen molar-refractivity contribution in [2.45, 2.75) is 61.6 Å². The minimum Gasteiger partial charge on any atom is -0.394 e. The van der Waals surface area contributed by atoms with Crippen molar-refractivity contribution in [3.05, 3.63) is 42.5 Å². The molecule has 3 amide bonds. The summed E-state index contributed by atoms with van der Waals surface area (Å²) >= 11 is 1.64. The molecule has 0 aliphatic carbocycles. The first kappa shape index (κ1) is 25.1. The zero-order chi connectivity index (χ0) is 25.8. The monoisotopic (exact) mass is 509 g/mol. The van der Waals surface area contributed by atoms with Crippen molar-refractivity contribution >= 4 is 45.9 Å². The molecule has 2 aromatic rings. The van der Waals surface area contributed by atoms with E-state index in [1.165, 1.54) is 0 Å². The maximum absolute atomic E-state index is 14.1. The number of rotatable bonds is 7. The van der Waals surface area contributed by atoms with Crippen LogP contribution in [-0.2, 0) is 14.4 Å². The van der Waals surface area contributed by atoms with Crippen LogP contribution in [0.3, 0.4) is 0 Å². The highest BCUT2D eigenvalue weighted by molar-refractivity contribution is 8.02. The number of carbonyl (C=O) groups excluding carboxylic acids is 3. The predicted molar refractivity (Wildman–Crippen MR) is 143 cm³/mol. The van der Waals surface area contributed by atoms with Crippen LogP contribution in [0.4, 0.5) is 5.69 Å². The van der Waals surface area contributed by atoms with Gasteiger partial charge in [-0.15, -0.1) is 11.8 Å². The molecule has 2 bridgehead atoms. The van der Waals surface area contributed by atoms with Gasteiger partial charge < -0.3 is 20.6 Å². The topological polar surface area (TPSA) is 98.7 Å².